The molecule has 0 radical (unpaired) electrons. The van der Waals surface area contributed by atoms with Crippen LogP contribution in [0.4, 0.5) is 13.2 Å². The van der Waals surface area contributed by atoms with E-state index in [1.54, 1.807) is 6.92 Å². The van der Waals surface area contributed by atoms with Gasteiger partial charge in [-0.25, -0.2) is 4.79 Å². The number of carboxylic acid groups (broad SMARTS) is 1. The largest absolute Gasteiger partial charge is 0.479 e. The minimum absolute atomic E-state index is 0.240. The van der Waals surface area contributed by atoms with Crippen LogP contribution in [0.2, 0.25) is 0 Å². The van der Waals surface area contributed by atoms with E-state index in [9.17, 15) is 22.8 Å². The van der Waals surface area contributed by atoms with Gasteiger partial charge in [-0.15, -0.1) is 0 Å². The maximum absolute atomic E-state index is 12.7. The number of amides is 1. The Labute approximate surface area is 101 Å². The molecule has 1 aliphatic rings. The Balaban J connectivity index is 2.86. The summed E-state index contributed by atoms with van der Waals surface area (Å²) in [5, 5.41) is 10.2. The Morgan fingerprint density at radius 2 is 1.94 bits per heavy atom. The van der Waals surface area contributed by atoms with Gasteiger partial charge < -0.3 is 15.2 Å². The monoisotopic (exact) mass is 269 g/mol. The maximum Gasteiger partial charge on any atom is 0.422 e. The van der Waals surface area contributed by atoms with Gasteiger partial charge in [0.15, 0.2) is 0 Å². The molecule has 8 heteroatoms. The topological polar surface area (TPSA) is 75.6 Å². The van der Waals surface area contributed by atoms with Crippen LogP contribution < -0.4 is 5.32 Å². The van der Waals surface area contributed by atoms with Crippen molar-refractivity contribution < 1.29 is 32.6 Å². The Morgan fingerprint density at radius 3 is 2.28 bits per heavy atom. The third kappa shape index (κ3) is 2.58. The van der Waals surface area contributed by atoms with Gasteiger partial charge in [-0.1, -0.05) is 6.92 Å². The number of alkyl halides is 3. The molecule has 104 valence electrons. The van der Waals surface area contributed by atoms with Crippen molar-refractivity contribution in [2.75, 3.05) is 6.61 Å². The number of carboxylic acids is 1. The van der Waals surface area contributed by atoms with Gasteiger partial charge in [-0.3, -0.25) is 4.79 Å². The standard InChI is InChI=1S/C10H14F3NO4/c1-5-3-4-18-6(5)7(15)14-9(2,8(16)17)10(11,12)13/h5-6H,3-4H2,1-2H3,(H,14,15)(H,16,17). The van der Waals surface area contributed by atoms with Crippen molar-refractivity contribution in [1.82, 2.24) is 5.32 Å². The first-order valence-electron chi connectivity index (χ1n) is 5.33. The predicted octanol–water partition coefficient (Wildman–Crippen LogP) is 0.933. The van der Waals surface area contributed by atoms with Crippen LogP contribution in [0.1, 0.15) is 20.3 Å². The fourth-order valence-electron chi connectivity index (χ4n) is 1.59. The minimum Gasteiger partial charge on any atom is -0.479 e. The molecule has 0 aliphatic carbocycles. The summed E-state index contributed by atoms with van der Waals surface area (Å²) in [6.07, 6.45) is -5.57. The summed E-state index contributed by atoms with van der Waals surface area (Å²) in [7, 11) is 0. The fraction of sp³-hybridized carbons (Fsp3) is 0.800. The van der Waals surface area contributed by atoms with Crippen molar-refractivity contribution in [2.24, 2.45) is 5.92 Å². The molecule has 1 heterocycles. The number of carbonyl (C=O) groups is 2. The second-order valence-electron chi connectivity index (χ2n) is 4.47. The molecule has 3 atom stereocenters. The van der Waals surface area contributed by atoms with E-state index in [-0.39, 0.29) is 12.5 Å². The zero-order chi connectivity index (χ0) is 14.1. The van der Waals surface area contributed by atoms with Crippen molar-refractivity contribution in [1.29, 1.82) is 0 Å². The van der Waals surface area contributed by atoms with Crippen LogP contribution in [-0.4, -0.2) is 41.4 Å². The van der Waals surface area contributed by atoms with Gasteiger partial charge in [0.2, 0.25) is 5.54 Å². The molecule has 0 spiro atoms. The zero-order valence-corrected chi connectivity index (χ0v) is 9.87. The molecule has 1 saturated heterocycles. The summed E-state index contributed by atoms with van der Waals surface area (Å²) in [5.74, 6) is -3.45. The number of hydrogen-bond acceptors (Lipinski definition) is 3. The van der Waals surface area contributed by atoms with Gasteiger partial charge in [0.1, 0.15) is 6.10 Å². The molecule has 18 heavy (non-hydrogen) atoms. The number of ether oxygens (including phenoxy) is 1. The smallest absolute Gasteiger partial charge is 0.422 e. The van der Waals surface area contributed by atoms with E-state index in [1.165, 1.54) is 5.32 Å². The van der Waals surface area contributed by atoms with E-state index in [0.29, 0.717) is 13.3 Å². The first-order chi connectivity index (χ1) is 8.09. The lowest BCUT2D eigenvalue weighted by atomic mass is 9.99. The third-order valence-corrected chi connectivity index (χ3v) is 3.01. The van der Waals surface area contributed by atoms with Gasteiger partial charge in [-0.05, 0) is 19.3 Å². The van der Waals surface area contributed by atoms with E-state index >= 15 is 0 Å². The highest BCUT2D eigenvalue weighted by Crippen LogP contribution is 2.31. The molecule has 0 bridgehead atoms. The molecule has 2 N–H and O–H groups in total. The Bertz CT molecular complexity index is 358. The molecule has 0 aromatic carbocycles. The van der Waals surface area contributed by atoms with Crippen LogP contribution in [0.5, 0.6) is 0 Å². The first-order valence-corrected chi connectivity index (χ1v) is 5.33. The van der Waals surface area contributed by atoms with E-state index in [2.05, 4.69) is 0 Å². The molecule has 3 unspecified atom stereocenters. The molecule has 0 aromatic rings. The van der Waals surface area contributed by atoms with E-state index in [0.717, 1.165) is 0 Å². The highest BCUT2D eigenvalue weighted by molar-refractivity contribution is 5.89. The summed E-state index contributed by atoms with van der Waals surface area (Å²) >= 11 is 0. The SMILES string of the molecule is CC1CCOC1C(=O)NC(C)(C(=O)O)C(F)(F)F. The van der Waals surface area contributed by atoms with Crippen LogP contribution in [0.15, 0.2) is 0 Å². The lowest BCUT2D eigenvalue weighted by Crippen LogP contribution is -2.63. The number of halogens is 3. The van der Waals surface area contributed by atoms with Crippen molar-refractivity contribution in [3.05, 3.63) is 0 Å². The van der Waals surface area contributed by atoms with Gasteiger partial charge in [-0.2, -0.15) is 13.2 Å². The number of nitrogens with one attached hydrogen (secondary N) is 1. The van der Waals surface area contributed by atoms with Crippen molar-refractivity contribution in [3.63, 3.8) is 0 Å². The van der Waals surface area contributed by atoms with Crippen molar-refractivity contribution in [2.45, 2.75) is 38.1 Å². The lowest BCUT2D eigenvalue weighted by molar-refractivity contribution is -0.208. The average Bonchev–Trinajstić information content (AvgIpc) is 2.62. The van der Waals surface area contributed by atoms with Gasteiger partial charge in [0.25, 0.3) is 5.91 Å². The molecular weight excluding hydrogens is 255 g/mol. The number of hydrogen-bond donors (Lipinski definition) is 2. The zero-order valence-electron chi connectivity index (χ0n) is 9.87. The number of carbonyl (C=O) groups excluding carboxylic acids is 1. The van der Waals surface area contributed by atoms with Crippen LogP contribution in [0.25, 0.3) is 0 Å². The highest BCUT2D eigenvalue weighted by Gasteiger charge is 2.59. The molecule has 1 aliphatic heterocycles. The van der Waals surface area contributed by atoms with E-state index in [4.69, 9.17) is 9.84 Å². The van der Waals surface area contributed by atoms with Gasteiger partial charge in [0.05, 0.1) is 0 Å². The number of rotatable bonds is 3. The lowest BCUT2D eigenvalue weighted by Gasteiger charge is -2.30. The van der Waals surface area contributed by atoms with Crippen LogP contribution in [0, 0.1) is 5.92 Å². The van der Waals surface area contributed by atoms with E-state index in [1.807, 2.05) is 0 Å². The minimum atomic E-state index is -5.09. The quantitative estimate of drug-likeness (QED) is 0.799. The summed E-state index contributed by atoms with van der Waals surface area (Å²) in [4.78, 5) is 22.3. The third-order valence-electron chi connectivity index (χ3n) is 3.01. The molecule has 0 aromatic heterocycles. The van der Waals surface area contributed by atoms with E-state index < -0.39 is 29.7 Å². The normalized spacial score (nSPS) is 27.6. The predicted molar refractivity (Wildman–Crippen MR) is 53.8 cm³/mol. The second kappa shape index (κ2) is 4.75. The van der Waals surface area contributed by atoms with Crippen molar-refractivity contribution in [3.8, 4) is 0 Å². The van der Waals surface area contributed by atoms with Crippen LogP contribution in [-0.2, 0) is 14.3 Å². The van der Waals surface area contributed by atoms with Crippen LogP contribution >= 0.6 is 0 Å². The highest BCUT2D eigenvalue weighted by atomic mass is 19.4. The molecule has 5 nitrogen and oxygen atoms in total. The molecule has 1 rings (SSSR count). The Hall–Kier alpha value is -1.31. The first kappa shape index (κ1) is 14.7. The summed E-state index contributed by atoms with van der Waals surface area (Å²) in [6.45, 7) is 2.34. The Morgan fingerprint density at radius 1 is 1.39 bits per heavy atom. The fourth-order valence-corrected chi connectivity index (χ4v) is 1.59. The average molecular weight is 269 g/mol. The summed E-state index contributed by atoms with van der Waals surface area (Å²) in [6, 6.07) is 0. The molecular formula is C10H14F3NO4. The summed E-state index contributed by atoms with van der Waals surface area (Å²) in [5.41, 5.74) is -3.31. The second-order valence-corrected chi connectivity index (χ2v) is 4.47. The van der Waals surface area contributed by atoms with Crippen LogP contribution in [0.3, 0.4) is 0 Å². The van der Waals surface area contributed by atoms with Crippen molar-refractivity contribution >= 4 is 11.9 Å². The van der Waals surface area contributed by atoms with Gasteiger partial charge in [0, 0.05) is 6.61 Å². The maximum atomic E-state index is 12.7. The Kier molecular flexibility index (Phi) is 3.89. The summed E-state index contributed by atoms with van der Waals surface area (Å²) < 4.78 is 43.0. The van der Waals surface area contributed by atoms with Gasteiger partial charge >= 0.3 is 12.1 Å². The number of aliphatic carboxylic acids is 1. The molecule has 1 amide bonds. The molecule has 0 saturated carbocycles. The molecule has 1 fully saturated rings.